The minimum atomic E-state index is -0.662. The minimum Gasteiger partial charge on any atom is -0.384 e. The molecule has 0 aliphatic carbocycles. The Morgan fingerprint density at radius 3 is 2.56 bits per heavy atom. The van der Waals surface area contributed by atoms with Crippen molar-refractivity contribution in [2.75, 3.05) is 0 Å². The summed E-state index contributed by atoms with van der Waals surface area (Å²) in [7, 11) is 0. The maximum atomic E-state index is 10.3. The van der Waals surface area contributed by atoms with Crippen molar-refractivity contribution in [3.8, 4) is 0 Å². The van der Waals surface area contributed by atoms with E-state index in [-0.39, 0.29) is 0 Å². The highest BCUT2D eigenvalue weighted by Crippen LogP contribution is 2.23. The highest BCUT2D eigenvalue weighted by Gasteiger charge is 2.10. The van der Waals surface area contributed by atoms with Crippen molar-refractivity contribution >= 4 is 10.9 Å². The van der Waals surface area contributed by atoms with Crippen molar-refractivity contribution in [3.05, 3.63) is 72.2 Å². The van der Waals surface area contributed by atoms with E-state index in [1.807, 2.05) is 30.3 Å². The van der Waals surface area contributed by atoms with Gasteiger partial charge in [0.25, 0.3) is 0 Å². The predicted molar refractivity (Wildman–Crippen MR) is 70.0 cm³/mol. The van der Waals surface area contributed by atoms with Crippen LogP contribution in [0.25, 0.3) is 10.9 Å². The van der Waals surface area contributed by atoms with Crippen LogP contribution in [0.15, 0.2) is 61.1 Å². The fraction of sp³-hybridized carbons (Fsp3) is 0.0667. The Hall–Kier alpha value is -2.26. The quantitative estimate of drug-likeness (QED) is 0.744. The van der Waals surface area contributed by atoms with E-state index in [1.54, 1.807) is 30.7 Å². The number of pyridine rings is 2. The van der Waals surface area contributed by atoms with E-state index in [4.69, 9.17) is 0 Å². The Bertz CT molecular complexity index is 667. The third-order valence-electron chi connectivity index (χ3n) is 2.95. The van der Waals surface area contributed by atoms with Crippen molar-refractivity contribution in [2.45, 2.75) is 6.10 Å². The average molecular weight is 236 g/mol. The molecular formula is C15H12N2O. The fourth-order valence-corrected chi connectivity index (χ4v) is 1.98. The van der Waals surface area contributed by atoms with Gasteiger partial charge < -0.3 is 5.11 Å². The minimum absolute atomic E-state index is 0.662. The molecule has 0 amide bonds. The number of aliphatic hydroxyl groups is 1. The molecule has 3 heteroatoms. The van der Waals surface area contributed by atoms with Crippen molar-refractivity contribution in [1.29, 1.82) is 0 Å². The Kier molecular flexibility index (Phi) is 2.74. The van der Waals surface area contributed by atoms with Crippen LogP contribution >= 0.6 is 0 Å². The number of nitrogens with zero attached hydrogens (tertiary/aromatic N) is 2. The van der Waals surface area contributed by atoms with Gasteiger partial charge in [0.15, 0.2) is 0 Å². The molecule has 1 unspecified atom stereocenters. The van der Waals surface area contributed by atoms with Gasteiger partial charge in [0.2, 0.25) is 0 Å². The Morgan fingerprint density at radius 1 is 0.944 bits per heavy atom. The largest absolute Gasteiger partial charge is 0.384 e. The molecule has 3 aromatic rings. The Balaban J connectivity index is 2.04. The maximum Gasteiger partial charge on any atom is 0.106 e. The first-order valence-electron chi connectivity index (χ1n) is 5.77. The first-order valence-corrected chi connectivity index (χ1v) is 5.77. The molecule has 3 rings (SSSR count). The summed E-state index contributed by atoms with van der Waals surface area (Å²) >= 11 is 0. The molecule has 2 aromatic heterocycles. The van der Waals surface area contributed by atoms with Crippen LogP contribution in [-0.4, -0.2) is 15.1 Å². The molecule has 0 radical (unpaired) electrons. The van der Waals surface area contributed by atoms with Gasteiger partial charge in [0, 0.05) is 29.5 Å². The lowest BCUT2D eigenvalue weighted by atomic mass is 10.0. The highest BCUT2D eigenvalue weighted by atomic mass is 16.3. The molecule has 0 aliphatic heterocycles. The van der Waals surface area contributed by atoms with Crippen LogP contribution < -0.4 is 0 Å². The maximum absolute atomic E-state index is 10.3. The van der Waals surface area contributed by atoms with E-state index in [0.29, 0.717) is 0 Å². The Morgan fingerprint density at radius 2 is 1.72 bits per heavy atom. The van der Waals surface area contributed by atoms with Gasteiger partial charge in [0.1, 0.15) is 6.10 Å². The van der Waals surface area contributed by atoms with Crippen LogP contribution in [0.2, 0.25) is 0 Å². The summed E-state index contributed by atoms with van der Waals surface area (Å²) in [6.07, 6.45) is 4.40. The van der Waals surface area contributed by atoms with Crippen LogP contribution in [0.1, 0.15) is 17.2 Å². The summed E-state index contributed by atoms with van der Waals surface area (Å²) in [6, 6.07) is 13.4. The van der Waals surface area contributed by atoms with Gasteiger partial charge in [-0.2, -0.15) is 0 Å². The summed E-state index contributed by atoms with van der Waals surface area (Å²) < 4.78 is 0. The molecule has 88 valence electrons. The molecule has 1 atom stereocenters. The van der Waals surface area contributed by atoms with E-state index < -0.39 is 6.10 Å². The van der Waals surface area contributed by atoms with E-state index in [9.17, 15) is 5.11 Å². The van der Waals surface area contributed by atoms with Crippen LogP contribution in [-0.2, 0) is 0 Å². The smallest absolute Gasteiger partial charge is 0.106 e. The molecule has 1 aromatic carbocycles. The van der Waals surface area contributed by atoms with Crippen molar-refractivity contribution in [3.63, 3.8) is 0 Å². The van der Waals surface area contributed by atoms with E-state index in [2.05, 4.69) is 9.97 Å². The summed E-state index contributed by atoms with van der Waals surface area (Å²) in [6.45, 7) is 0. The van der Waals surface area contributed by atoms with Crippen molar-refractivity contribution in [1.82, 2.24) is 9.97 Å². The van der Waals surface area contributed by atoms with Gasteiger partial charge in [-0.15, -0.1) is 0 Å². The van der Waals surface area contributed by atoms with Crippen molar-refractivity contribution < 1.29 is 5.11 Å². The second-order valence-electron chi connectivity index (χ2n) is 4.14. The van der Waals surface area contributed by atoms with Crippen LogP contribution in [0, 0.1) is 0 Å². The molecule has 2 heterocycles. The molecular weight excluding hydrogens is 224 g/mol. The fourth-order valence-electron chi connectivity index (χ4n) is 1.98. The molecule has 18 heavy (non-hydrogen) atoms. The molecule has 3 nitrogen and oxygen atoms in total. The first kappa shape index (κ1) is 10.9. The normalized spacial score (nSPS) is 12.5. The van der Waals surface area contributed by atoms with Gasteiger partial charge in [-0.1, -0.05) is 18.2 Å². The predicted octanol–water partition coefficient (Wildman–Crippen LogP) is 2.71. The lowest BCUT2D eigenvalue weighted by Gasteiger charge is -2.11. The number of rotatable bonds is 2. The van der Waals surface area contributed by atoms with E-state index >= 15 is 0 Å². The zero-order chi connectivity index (χ0) is 12.4. The number of aliphatic hydroxyl groups excluding tert-OH is 1. The number of fused-ring (bicyclic) bond motifs is 1. The van der Waals surface area contributed by atoms with Gasteiger partial charge in [0.05, 0.1) is 5.52 Å². The zero-order valence-corrected chi connectivity index (χ0v) is 9.69. The highest BCUT2D eigenvalue weighted by molar-refractivity contribution is 5.78. The molecule has 0 bridgehead atoms. The average Bonchev–Trinajstić information content (AvgIpc) is 2.47. The van der Waals surface area contributed by atoms with Crippen molar-refractivity contribution in [2.24, 2.45) is 0 Å². The third-order valence-corrected chi connectivity index (χ3v) is 2.95. The SMILES string of the molecule is OC(c1ccncc1)c1cnc2ccccc2c1. The monoisotopic (exact) mass is 236 g/mol. The second kappa shape index (κ2) is 4.55. The van der Waals surface area contributed by atoms with Crippen LogP contribution in [0.4, 0.5) is 0 Å². The summed E-state index contributed by atoms with van der Waals surface area (Å²) in [5.41, 5.74) is 2.55. The number of hydrogen-bond acceptors (Lipinski definition) is 3. The molecule has 0 saturated heterocycles. The van der Waals surface area contributed by atoms with Gasteiger partial charge in [-0.25, -0.2) is 0 Å². The first-order chi connectivity index (χ1) is 8.84. The van der Waals surface area contributed by atoms with Gasteiger partial charge in [-0.05, 0) is 29.8 Å². The lowest BCUT2D eigenvalue weighted by molar-refractivity contribution is 0.220. The van der Waals surface area contributed by atoms with E-state index in [1.165, 1.54) is 0 Å². The van der Waals surface area contributed by atoms with E-state index in [0.717, 1.165) is 22.0 Å². The number of para-hydroxylation sites is 1. The van der Waals surface area contributed by atoms with Gasteiger partial charge >= 0.3 is 0 Å². The number of aromatic nitrogens is 2. The van der Waals surface area contributed by atoms with Crippen LogP contribution in [0.3, 0.4) is 0 Å². The summed E-state index contributed by atoms with van der Waals surface area (Å²) in [4.78, 5) is 8.30. The van der Waals surface area contributed by atoms with Gasteiger partial charge in [-0.3, -0.25) is 9.97 Å². The molecule has 0 aliphatic rings. The molecule has 0 fully saturated rings. The third kappa shape index (κ3) is 1.96. The Labute approximate surface area is 105 Å². The zero-order valence-electron chi connectivity index (χ0n) is 9.69. The molecule has 0 spiro atoms. The summed E-state index contributed by atoms with van der Waals surface area (Å²) in [5, 5.41) is 11.3. The summed E-state index contributed by atoms with van der Waals surface area (Å²) in [5.74, 6) is 0. The second-order valence-corrected chi connectivity index (χ2v) is 4.14. The topological polar surface area (TPSA) is 46.0 Å². The van der Waals surface area contributed by atoms with Crippen LogP contribution in [0.5, 0.6) is 0 Å². The standard InChI is InChI=1S/C15H12N2O/c18-15(11-5-7-16-8-6-11)13-9-12-3-1-2-4-14(12)17-10-13/h1-10,15,18H. The lowest BCUT2D eigenvalue weighted by Crippen LogP contribution is -2.00. The number of benzene rings is 1. The number of hydrogen-bond donors (Lipinski definition) is 1. The molecule has 0 saturated carbocycles. The molecule has 1 N–H and O–H groups in total.